The second kappa shape index (κ2) is 9.50. The standard InChI is InChI=1S/C24H29N3O4S2/c1-5-27-21-14-16(2)13-17(3)22(21)32-24(27)25-23(28)18-8-10-20(11-9-18)33(29,30)26(4)15-19-7-6-12-31-19/h8-11,13-14,19H,5-7,12,15H2,1-4H3. The zero-order valence-corrected chi connectivity index (χ0v) is 21.0. The molecule has 1 amide bonds. The van der Waals surface area contributed by atoms with E-state index in [1.54, 1.807) is 7.05 Å². The van der Waals surface area contributed by atoms with Crippen molar-refractivity contribution in [3.05, 3.63) is 57.9 Å². The molecule has 3 aromatic rings. The molecular formula is C24H29N3O4S2. The fourth-order valence-electron chi connectivity index (χ4n) is 4.18. The van der Waals surface area contributed by atoms with E-state index in [-0.39, 0.29) is 11.0 Å². The van der Waals surface area contributed by atoms with Gasteiger partial charge in [-0.25, -0.2) is 8.42 Å². The lowest BCUT2D eigenvalue weighted by atomic mass is 10.1. The van der Waals surface area contributed by atoms with Gasteiger partial charge in [-0.15, -0.1) is 0 Å². The summed E-state index contributed by atoms with van der Waals surface area (Å²) in [5, 5.41) is 0. The van der Waals surface area contributed by atoms with Gasteiger partial charge in [-0.05, 0) is 75.1 Å². The Balaban J connectivity index is 1.60. The fraction of sp³-hybridized carbons (Fsp3) is 0.417. The van der Waals surface area contributed by atoms with Crippen molar-refractivity contribution in [2.75, 3.05) is 20.2 Å². The maximum atomic E-state index is 12.9. The van der Waals surface area contributed by atoms with E-state index in [4.69, 9.17) is 4.74 Å². The topological polar surface area (TPSA) is 81.0 Å². The number of fused-ring (bicyclic) bond motifs is 1. The highest BCUT2D eigenvalue weighted by molar-refractivity contribution is 7.89. The van der Waals surface area contributed by atoms with Crippen LogP contribution in [0.4, 0.5) is 0 Å². The average Bonchev–Trinajstić information content (AvgIpc) is 3.41. The number of sulfonamides is 1. The zero-order valence-electron chi connectivity index (χ0n) is 19.4. The van der Waals surface area contributed by atoms with Gasteiger partial charge in [0.25, 0.3) is 5.91 Å². The zero-order chi connectivity index (χ0) is 23.8. The van der Waals surface area contributed by atoms with Crippen molar-refractivity contribution in [3.8, 4) is 0 Å². The Labute approximate surface area is 198 Å². The molecule has 1 aliphatic rings. The number of benzene rings is 2. The molecule has 176 valence electrons. The lowest BCUT2D eigenvalue weighted by Gasteiger charge is -2.20. The molecule has 1 aliphatic heterocycles. The van der Waals surface area contributed by atoms with Crippen molar-refractivity contribution in [1.29, 1.82) is 0 Å². The van der Waals surface area contributed by atoms with Crippen LogP contribution in [-0.2, 0) is 21.3 Å². The predicted molar refractivity (Wildman–Crippen MR) is 130 cm³/mol. The maximum absolute atomic E-state index is 12.9. The van der Waals surface area contributed by atoms with E-state index in [0.717, 1.165) is 28.6 Å². The van der Waals surface area contributed by atoms with E-state index in [0.29, 0.717) is 30.1 Å². The minimum absolute atomic E-state index is 0.0663. The van der Waals surface area contributed by atoms with Crippen molar-refractivity contribution in [3.63, 3.8) is 0 Å². The summed E-state index contributed by atoms with van der Waals surface area (Å²) in [6, 6.07) is 10.2. The molecule has 1 aromatic heterocycles. The Hall–Kier alpha value is -2.33. The van der Waals surface area contributed by atoms with Gasteiger partial charge in [0, 0.05) is 32.3 Å². The number of amides is 1. The van der Waals surface area contributed by atoms with E-state index < -0.39 is 15.9 Å². The van der Waals surface area contributed by atoms with Crippen LogP contribution in [0.1, 0.15) is 41.3 Å². The number of aryl methyl sites for hydroxylation is 3. The first kappa shape index (κ1) is 23.8. The Morgan fingerprint density at radius 2 is 1.97 bits per heavy atom. The van der Waals surface area contributed by atoms with Crippen molar-refractivity contribution in [2.24, 2.45) is 4.99 Å². The van der Waals surface area contributed by atoms with Gasteiger partial charge in [0.1, 0.15) is 0 Å². The molecule has 0 saturated carbocycles. The molecule has 1 atom stereocenters. The van der Waals surface area contributed by atoms with Crippen LogP contribution in [0, 0.1) is 13.8 Å². The molecule has 2 heterocycles. The number of ether oxygens (including phenoxy) is 1. The van der Waals surface area contributed by atoms with Crippen molar-refractivity contribution >= 4 is 37.5 Å². The number of hydrogen-bond acceptors (Lipinski definition) is 5. The second-order valence-electron chi connectivity index (χ2n) is 8.42. The number of carbonyl (C=O) groups is 1. The summed E-state index contributed by atoms with van der Waals surface area (Å²) in [6.45, 7) is 7.84. The maximum Gasteiger partial charge on any atom is 0.279 e. The Morgan fingerprint density at radius 3 is 2.61 bits per heavy atom. The lowest BCUT2D eigenvalue weighted by molar-refractivity contribution is 0.0979. The smallest absolute Gasteiger partial charge is 0.279 e. The van der Waals surface area contributed by atoms with Gasteiger partial charge in [0.15, 0.2) is 4.80 Å². The molecule has 1 fully saturated rings. The normalized spacial score (nSPS) is 17.4. The van der Waals surface area contributed by atoms with E-state index in [9.17, 15) is 13.2 Å². The number of thiazole rings is 1. The minimum atomic E-state index is -3.66. The van der Waals surface area contributed by atoms with Gasteiger partial charge in [0.05, 0.1) is 21.2 Å². The third kappa shape index (κ3) is 4.82. The third-order valence-corrected chi connectivity index (χ3v) is 8.99. The van der Waals surface area contributed by atoms with Crippen molar-refractivity contribution in [1.82, 2.24) is 8.87 Å². The summed E-state index contributed by atoms with van der Waals surface area (Å²) in [4.78, 5) is 18.0. The van der Waals surface area contributed by atoms with Crippen LogP contribution in [0.15, 0.2) is 46.3 Å². The third-order valence-electron chi connectivity index (χ3n) is 5.92. The molecule has 33 heavy (non-hydrogen) atoms. The molecule has 1 saturated heterocycles. The molecule has 0 N–H and O–H groups in total. The largest absolute Gasteiger partial charge is 0.377 e. The fourth-order valence-corrected chi connectivity index (χ4v) is 6.52. The Morgan fingerprint density at radius 1 is 1.24 bits per heavy atom. The highest BCUT2D eigenvalue weighted by Crippen LogP contribution is 2.24. The summed E-state index contributed by atoms with van der Waals surface area (Å²) in [5.41, 5.74) is 3.75. The lowest BCUT2D eigenvalue weighted by Crippen LogP contribution is -2.34. The first-order valence-electron chi connectivity index (χ1n) is 11.1. The predicted octanol–water partition coefficient (Wildman–Crippen LogP) is 3.88. The van der Waals surface area contributed by atoms with E-state index in [2.05, 4.69) is 31.0 Å². The SMILES string of the molecule is CCn1c(=NC(=O)c2ccc(S(=O)(=O)N(C)CC3CCCO3)cc2)sc2c(C)cc(C)cc21. The highest BCUT2D eigenvalue weighted by atomic mass is 32.2. The molecule has 7 nitrogen and oxygen atoms in total. The van der Waals surface area contributed by atoms with E-state index in [1.165, 1.54) is 45.5 Å². The summed E-state index contributed by atoms with van der Waals surface area (Å²) in [7, 11) is -2.10. The molecular weight excluding hydrogens is 458 g/mol. The minimum Gasteiger partial charge on any atom is -0.377 e. The van der Waals surface area contributed by atoms with Gasteiger partial charge in [0.2, 0.25) is 10.0 Å². The summed E-state index contributed by atoms with van der Waals surface area (Å²) in [5.74, 6) is -0.394. The average molecular weight is 488 g/mol. The van der Waals surface area contributed by atoms with Crippen LogP contribution in [-0.4, -0.2) is 49.5 Å². The van der Waals surface area contributed by atoms with Gasteiger partial charge in [-0.1, -0.05) is 17.4 Å². The molecule has 1 unspecified atom stereocenters. The van der Waals surface area contributed by atoms with Crippen LogP contribution in [0.3, 0.4) is 0 Å². The van der Waals surface area contributed by atoms with Crippen LogP contribution in [0.25, 0.3) is 10.2 Å². The Kier molecular flexibility index (Phi) is 6.86. The summed E-state index contributed by atoms with van der Waals surface area (Å²) < 4.78 is 35.8. The molecule has 0 aliphatic carbocycles. The van der Waals surface area contributed by atoms with Gasteiger partial charge < -0.3 is 9.30 Å². The molecule has 2 aromatic carbocycles. The van der Waals surface area contributed by atoms with Crippen LogP contribution in [0.2, 0.25) is 0 Å². The number of carbonyl (C=O) groups excluding carboxylic acids is 1. The number of nitrogens with zero attached hydrogens (tertiary/aromatic N) is 3. The molecule has 0 bridgehead atoms. The summed E-state index contributed by atoms with van der Waals surface area (Å²) >= 11 is 1.49. The highest BCUT2D eigenvalue weighted by Gasteiger charge is 2.26. The van der Waals surface area contributed by atoms with Gasteiger partial charge in [-0.2, -0.15) is 9.30 Å². The van der Waals surface area contributed by atoms with Crippen LogP contribution >= 0.6 is 11.3 Å². The number of hydrogen-bond donors (Lipinski definition) is 0. The van der Waals surface area contributed by atoms with Gasteiger partial charge in [-0.3, -0.25) is 4.79 Å². The second-order valence-corrected chi connectivity index (χ2v) is 11.4. The first-order chi connectivity index (χ1) is 15.7. The molecule has 0 radical (unpaired) electrons. The van der Waals surface area contributed by atoms with E-state index in [1.807, 2.05) is 11.5 Å². The number of rotatable bonds is 6. The Bertz CT molecular complexity index is 1350. The molecule has 9 heteroatoms. The number of aromatic nitrogens is 1. The van der Waals surface area contributed by atoms with Gasteiger partial charge >= 0.3 is 0 Å². The van der Waals surface area contributed by atoms with E-state index >= 15 is 0 Å². The quantitative estimate of drug-likeness (QED) is 0.528. The molecule has 4 rings (SSSR count). The molecule has 0 spiro atoms. The monoisotopic (exact) mass is 487 g/mol. The number of likely N-dealkylation sites (N-methyl/N-ethyl adjacent to an activating group) is 1. The summed E-state index contributed by atoms with van der Waals surface area (Å²) in [6.07, 6.45) is 1.75. The van der Waals surface area contributed by atoms with Crippen molar-refractivity contribution < 1.29 is 17.9 Å². The van der Waals surface area contributed by atoms with Crippen LogP contribution < -0.4 is 4.80 Å². The first-order valence-corrected chi connectivity index (χ1v) is 13.3. The van der Waals surface area contributed by atoms with Crippen LogP contribution in [0.5, 0.6) is 0 Å². The van der Waals surface area contributed by atoms with Crippen molar-refractivity contribution in [2.45, 2.75) is 51.2 Å².